The summed E-state index contributed by atoms with van der Waals surface area (Å²) < 4.78 is 0. The standard InChI is InChI=1S/C11H21N3O2/c1-3-10(12)11(16)14-6-4-5-13(7-8-14)9(2)15/h10H,3-8,12H2,1-2H3/t10-/m0/s1. The molecule has 1 saturated heterocycles. The molecule has 2 N–H and O–H groups in total. The minimum absolute atomic E-state index is 0.00732. The topological polar surface area (TPSA) is 66.6 Å². The van der Waals surface area contributed by atoms with E-state index in [1.165, 1.54) is 0 Å². The van der Waals surface area contributed by atoms with Crippen LogP contribution in [0.5, 0.6) is 0 Å². The van der Waals surface area contributed by atoms with Gasteiger partial charge in [-0.15, -0.1) is 0 Å². The maximum Gasteiger partial charge on any atom is 0.239 e. The second-order valence-corrected chi connectivity index (χ2v) is 4.20. The van der Waals surface area contributed by atoms with Crippen LogP contribution >= 0.6 is 0 Å². The molecule has 0 unspecified atom stereocenters. The van der Waals surface area contributed by atoms with Gasteiger partial charge in [0.1, 0.15) is 0 Å². The Bertz CT molecular complexity index is 268. The summed E-state index contributed by atoms with van der Waals surface area (Å²) in [6.07, 6.45) is 1.49. The van der Waals surface area contributed by atoms with Crippen molar-refractivity contribution in [1.82, 2.24) is 9.80 Å². The third-order valence-corrected chi connectivity index (χ3v) is 3.01. The fourth-order valence-electron chi connectivity index (χ4n) is 1.86. The molecule has 16 heavy (non-hydrogen) atoms. The number of hydrogen-bond donors (Lipinski definition) is 1. The van der Waals surface area contributed by atoms with Gasteiger partial charge in [0.15, 0.2) is 0 Å². The normalized spacial score (nSPS) is 19.2. The first-order chi connectivity index (χ1) is 7.56. The molecule has 1 fully saturated rings. The van der Waals surface area contributed by atoms with Gasteiger partial charge in [-0.3, -0.25) is 9.59 Å². The molecule has 0 bridgehead atoms. The monoisotopic (exact) mass is 227 g/mol. The minimum Gasteiger partial charge on any atom is -0.341 e. The molecule has 5 heteroatoms. The molecule has 0 aromatic heterocycles. The van der Waals surface area contributed by atoms with Crippen molar-refractivity contribution >= 4 is 11.8 Å². The molecule has 2 amide bonds. The van der Waals surface area contributed by atoms with Crippen molar-refractivity contribution in [1.29, 1.82) is 0 Å². The number of nitrogens with two attached hydrogens (primary N) is 1. The third kappa shape index (κ3) is 3.20. The zero-order valence-corrected chi connectivity index (χ0v) is 10.1. The number of rotatable bonds is 2. The summed E-state index contributed by atoms with van der Waals surface area (Å²) in [6, 6.07) is -0.399. The summed E-state index contributed by atoms with van der Waals surface area (Å²) in [6.45, 7) is 6.14. The van der Waals surface area contributed by atoms with E-state index in [4.69, 9.17) is 5.73 Å². The van der Waals surface area contributed by atoms with Crippen LogP contribution in [0.2, 0.25) is 0 Å². The van der Waals surface area contributed by atoms with Gasteiger partial charge < -0.3 is 15.5 Å². The van der Waals surface area contributed by atoms with Crippen molar-refractivity contribution < 1.29 is 9.59 Å². The Morgan fingerprint density at radius 1 is 1.19 bits per heavy atom. The van der Waals surface area contributed by atoms with Crippen LogP contribution in [0, 0.1) is 0 Å². The van der Waals surface area contributed by atoms with Gasteiger partial charge in [0.2, 0.25) is 11.8 Å². The number of amides is 2. The lowest BCUT2D eigenvalue weighted by atomic mass is 10.2. The Morgan fingerprint density at radius 3 is 2.31 bits per heavy atom. The highest BCUT2D eigenvalue weighted by Gasteiger charge is 2.23. The smallest absolute Gasteiger partial charge is 0.239 e. The van der Waals surface area contributed by atoms with Crippen LogP contribution in [0.25, 0.3) is 0 Å². The molecule has 1 rings (SSSR count). The van der Waals surface area contributed by atoms with E-state index < -0.39 is 6.04 Å². The lowest BCUT2D eigenvalue weighted by Gasteiger charge is -2.23. The third-order valence-electron chi connectivity index (χ3n) is 3.01. The van der Waals surface area contributed by atoms with Gasteiger partial charge in [-0.05, 0) is 12.8 Å². The van der Waals surface area contributed by atoms with Gasteiger partial charge in [-0.25, -0.2) is 0 Å². The largest absolute Gasteiger partial charge is 0.341 e. The summed E-state index contributed by atoms with van der Waals surface area (Å²) in [5.41, 5.74) is 5.72. The Labute approximate surface area is 96.6 Å². The van der Waals surface area contributed by atoms with Crippen LogP contribution in [0.3, 0.4) is 0 Å². The van der Waals surface area contributed by atoms with E-state index in [9.17, 15) is 9.59 Å². The molecule has 1 aliphatic heterocycles. The van der Waals surface area contributed by atoms with Gasteiger partial charge in [-0.1, -0.05) is 6.92 Å². The first-order valence-corrected chi connectivity index (χ1v) is 5.86. The average Bonchev–Trinajstić information content (AvgIpc) is 2.52. The quantitative estimate of drug-likeness (QED) is 0.710. The molecular weight excluding hydrogens is 206 g/mol. The number of carbonyl (C=O) groups excluding carboxylic acids is 2. The Hall–Kier alpha value is -1.10. The van der Waals surface area contributed by atoms with Crippen molar-refractivity contribution in [3.63, 3.8) is 0 Å². The molecule has 1 heterocycles. The number of hydrogen-bond acceptors (Lipinski definition) is 3. The molecule has 0 aliphatic carbocycles. The molecular formula is C11H21N3O2. The highest BCUT2D eigenvalue weighted by Crippen LogP contribution is 2.05. The fourth-order valence-corrected chi connectivity index (χ4v) is 1.86. The van der Waals surface area contributed by atoms with Crippen molar-refractivity contribution in [2.24, 2.45) is 5.73 Å². The lowest BCUT2D eigenvalue weighted by Crippen LogP contribution is -2.45. The molecule has 0 aromatic rings. The summed E-state index contributed by atoms with van der Waals surface area (Å²) in [7, 11) is 0. The first kappa shape index (κ1) is 13.0. The van der Waals surface area contributed by atoms with E-state index >= 15 is 0 Å². The van der Waals surface area contributed by atoms with E-state index in [0.29, 0.717) is 26.1 Å². The summed E-state index contributed by atoms with van der Waals surface area (Å²) in [5, 5.41) is 0. The van der Waals surface area contributed by atoms with E-state index in [0.717, 1.165) is 13.0 Å². The molecule has 0 saturated carbocycles. The van der Waals surface area contributed by atoms with Crippen LogP contribution in [-0.2, 0) is 9.59 Å². The SMILES string of the molecule is CC[C@H](N)C(=O)N1CCCN(C(C)=O)CC1. The maximum atomic E-state index is 11.9. The number of carbonyl (C=O) groups is 2. The van der Waals surface area contributed by atoms with Gasteiger partial charge in [0.05, 0.1) is 6.04 Å². The fraction of sp³-hybridized carbons (Fsp3) is 0.818. The average molecular weight is 227 g/mol. The summed E-state index contributed by atoms with van der Waals surface area (Å²) >= 11 is 0. The van der Waals surface area contributed by atoms with Gasteiger partial charge in [0.25, 0.3) is 0 Å². The second-order valence-electron chi connectivity index (χ2n) is 4.20. The van der Waals surface area contributed by atoms with Crippen LogP contribution in [0.4, 0.5) is 0 Å². The van der Waals surface area contributed by atoms with Crippen LogP contribution in [0.1, 0.15) is 26.7 Å². The van der Waals surface area contributed by atoms with Gasteiger partial charge in [0, 0.05) is 33.1 Å². The van der Waals surface area contributed by atoms with Crippen LogP contribution < -0.4 is 5.73 Å². The Kier molecular flexibility index (Phi) is 4.73. The summed E-state index contributed by atoms with van der Waals surface area (Å²) in [4.78, 5) is 26.6. The minimum atomic E-state index is -0.399. The van der Waals surface area contributed by atoms with Crippen molar-refractivity contribution in [3.8, 4) is 0 Å². The highest BCUT2D eigenvalue weighted by molar-refractivity contribution is 5.81. The van der Waals surface area contributed by atoms with Gasteiger partial charge in [-0.2, -0.15) is 0 Å². The van der Waals surface area contributed by atoms with E-state index in [1.807, 2.05) is 6.92 Å². The maximum absolute atomic E-state index is 11.9. The van der Waals surface area contributed by atoms with E-state index in [2.05, 4.69) is 0 Å². The molecule has 0 aromatic carbocycles. The second kappa shape index (κ2) is 5.84. The lowest BCUT2D eigenvalue weighted by molar-refractivity contribution is -0.133. The molecule has 1 aliphatic rings. The zero-order chi connectivity index (χ0) is 12.1. The molecule has 5 nitrogen and oxygen atoms in total. The molecule has 0 radical (unpaired) electrons. The number of nitrogens with zero attached hydrogens (tertiary/aromatic N) is 2. The predicted octanol–water partition coefficient (Wildman–Crippen LogP) is -0.195. The zero-order valence-electron chi connectivity index (χ0n) is 10.1. The van der Waals surface area contributed by atoms with Crippen molar-refractivity contribution in [2.45, 2.75) is 32.7 Å². The summed E-state index contributed by atoms with van der Waals surface area (Å²) in [5.74, 6) is 0.0852. The van der Waals surface area contributed by atoms with Crippen molar-refractivity contribution in [3.05, 3.63) is 0 Å². The van der Waals surface area contributed by atoms with Gasteiger partial charge >= 0.3 is 0 Å². The highest BCUT2D eigenvalue weighted by atomic mass is 16.2. The Morgan fingerprint density at radius 2 is 1.75 bits per heavy atom. The first-order valence-electron chi connectivity index (χ1n) is 5.86. The van der Waals surface area contributed by atoms with Crippen molar-refractivity contribution in [2.75, 3.05) is 26.2 Å². The van der Waals surface area contributed by atoms with E-state index in [-0.39, 0.29) is 11.8 Å². The Balaban J connectivity index is 2.53. The molecule has 1 atom stereocenters. The molecule has 92 valence electrons. The van der Waals surface area contributed by atoms with Crippen LogP contribution in [0.15, 0.2) is 0 Å². The van der Waals surface area contributed by atoms with Crippen LogP contribution in [-0.4, -0.2) is 53.8 Å². The molecule has 0 spiro atoms. The predicted molar refractivity (Wildman–Crippen MR) is 61.7 cm³/mol. The van der Waals surface area contributed by atoms with E-state index in [1.54, 1.807) is 16.7 Å².